The van der Waals surface area contributed by atoms with Gasteiger partial charge >= 0.3 is 0 Å². The highest BCUT2D eigenvalue weighted by Crippen LogP contribution is 1.82. The van der Waals surface area contributed by atoms with Crippen molar-refractivity contribution in [3.05, 3.63) is 11.6 Å². The predicted octanol–water partition coefficient (Wildman–Crippen LogP) is 0.575. The first kappa shape index (κ1) is 6.37. The fraction of sp³-hybridized carbons (Fsp3) is 0.400. The quantitative estimate of drug-likeness (QED) is 0.488. The molecule has 7 heavy (non-hydrogen) atoms. The number of rotatable bonds is 2. The highest BCUT2D eigenvalue weighted by Gasteiger charge is 1.80. The number of allylic oxidation sites excluding steroid dienone is 1. The van der Waals surface area contributed by atoms with E-state index in [0.29, 0.717) is 5.57 Å². The van der Waals surface area contributed by atoms with Crippen molar-refractivity contribution in [2.45, 2.75) is 6.92 Å². The lowest BCUT2D eigenvalue weighted by Gasteiger charge is -1.86. The minimum absolute atomic E-state index is 0.0278. The van der Waals surface area contributed by atoms with Gasteiger partial charge in [0.15, 0.2) is 0 Å². The largest absolute Gasteiger partial charge is 0.392 e. The van der Waals surface area contributed by atoms with E-state index >= 15 is 0 Å². The highest BCUT2D eigenvalue weighted by molar-refractivity contribution is 5.75. The topological polar surface area (TPSA) is 44.1 Å². The summed E-state index contributed by atoms with van der Waals surface area (Å²) in [5.41, 5.74) is 0.653. The van der Waals surface area contributed by atoms with E-state index in [4.69, 9.17) is 10.5 Å². The Kier molecular flexibility index (Phi) is 3.24. The summed E-state index contributed by atoms with van der Waals surface area (Å²) in [4.78, 5) is 0. The molecule has 0 rings (SSSR count). The van der Waals surface area contributed by atoms with Crippen LogP contribution in [0.3, 0.4) is 0 Å². The Morgan fingerprint density at radius 1 is 1.86 bits per heavy atom. The lowest BCUT2D eigenvalue weighted by Crippen LogP contribution is -1.87. The Morgan fingerprint density at radius 3 is 2.43 bits per heavy atom. The van der Waals surface area contributed by atoms with E-state index in [1.54, 1.807) is 13.0 Å². The zero-order valence-electron chi connectivity index (χ0n) is 4.31. The van der Waals surface area contributed by atoms with Crippen LogP contribution >= 0.6 is 0 Å². The van der Waals surface area contributed by atoms with E-state index in [1.807, 2.05) is 0 Å². The van der Waals surface area contributed by atoms with Gasteiger partial charge in [-0.25, -0.2) is 0 Å². The molecule has 0 spiro atoms. The van der Waals surface area contributed by atoms with Crippen LogP contribution in [0.5, 0.6) is 0 Å². The second-order valence-electron chi connectivity index (χ2n) is 1.17. The van der Waals surface area contributed by atoms with Crippen LogP contribution in [0.1, 0.15) is 6.92 Å². The van der Waals surface area contributed by atoms with E-state index in [1.165, 1.54) is 0 Å². The van der Waals surface area contributed by atoms with Crippen LogP contribution in [0, 0.1) is 5.41 Å². The molecule has 0 atom stereocenters. The van der Waals surface area contributed by atoms with Crippen LogP contribution in [0.2, 0.25) is 0 Å². The van der Waals surface area contributed by atoms with Gasteiger partial charge in [-0.1, -0.05) is 6.08 Å². The van der Waals surface area contributed by atoms with E-state index in [0.717, 1.165) is 6.21 Å². The fourth-order valence-corrected chi connectivity index (χ4v) is 0.220. The zero-order valence-corrected chi connectivity index (χ0v) is 4.31. The molecule has 0 bridgehead atoms. The molecule has 0 fully saturated rings. The van der Waals surface area contributed by atoms with Crippen molar-refractivity contribution in [3.63, 3.8) is 0 Å². The summed E-state index contributed by atoms with van der Waals surface area (Å²) in [5.74, 6) is 0. The van der Waals surface area contributed by atoms with E-state index in [9.17, 15) is 0 Å². The molecule has 2 nitrogen and oxygen atoms in total. The van der Waals surface area contributed by atoms with Gasteiger partial charge in [-0.3, -0.25) is 0 Å². The lowest BCUT2D eigenvalue weighted by atomic mass is 10.3. The average molecular weight is 99.1 g/mol. The Balaban J connectivity index is 3.60. The number of nitrogens with one attached hydrogen (secondary N) is 1. The summed E-state index contributed by atoms with van der Waals surface area (Å²) in [7, 11) is 0. The predicted molar refractivity (Wildman–Crippen MR) is 29.6 cm³/mol. The SMILES string of the molecule is CC=C(C=N)CO. The summed E-state index contributed by atoms with van der Waals surface area (Å²) in [6, 6.07) is 0. The van der Waals surface area contributed by atoms with Gasteiger partial charge in [0, 0.05) is 6.21 Å². The van der Waals surface area contributed by atoms with Crippen LogP contribution < -0.4 is 0 Å². The normalized spacial score (nSPS) is 11.4. The molecule has 0 aliphatic carbocycles. The molecule has 0 radical (unpaired) electrons. The van der Waals surface area contributed by atoms with Crippen molar-refractivity contribution < 1.29 is 5.11 Å². The third-order valence-electron chi connectivity index (χ3n) is 0.739. The summed E-state index contributed by atoms with van der Waals surface area (Å²) in [6.07, 6.45) is 2.84. The van der Waals surface area contributed by atoms with Crippen molar-refractivity contribution >= 4 is 6.21 Å². The molecule has 0 aromatic carbocycles. The van der Waals surface area contributed by atoms with Crippen molar-refractivity contribution in [1.82, 2.24) is 0 Å². The summed E-state index contributed by atoms with van der Waals surface area (Å²) >= 11 is 0. The monoisotopic (exact) mass is 99.1 g/mol. The van der Waals surface area contributed by atoms with E-state index in [-0.39, 0.29) is 6.61 Å². The highest BCUT2D eigenvalue weighted by atomic mass is 16.3. The smallest absolute Gasteiger partial charge is 0.0693 e. The Bertz CT molecular complexity index is 86.1. The van der Waals surface area contributed by atoms with Crippen molar-refractivity contribution in [1.29, 1.82) is 5.41 Å². The number of aliphatic hydroxyl groups is 1. The minimum atomic E-state index is -0.0278. The number of hydrogen-bond acceptors (Lipinski definition) is 2. The lowest BCUT2D eigenvalue weighted by molar-refractivity contribution is 0.337. The maximum Gasteiger partial charge on any atom is 0.0693 e. The molecular weight excluding hydrogens is 90.1 g/mol. The van der Waals surface area contributed by atoms with Gasteiger partial charge in [-0.05, 0) is 12.5 Å². The Labute approximate surface area is 43.0 Å². The zero-order chi connectivity index (χ0) is 5.70. The van der Waals surface area contributed by atoms with Gasteiger partial charge in [0.2, 0.25) is 0 Å². The molecule has 0 aliphatic rings. The summed E-state index contributed by atoms with van der Waals surface area (Å²) < 4.78 is 0. The third-order valence-corrected chi connectivity index (χ3v) is 0.739. The second kappa shape index (κ2) is 3.56. The van der Waals surface area contributed by atoms with E-state index < -0.39 is 0 Å². The van der Waals surface area contributed by atoms with Crippen molar-refractivity contribution in [2.24, 2.45) is 0 Å². The van der Waals surface area contributed by atoms with Crippen LogP contribution in [0.4, 0.5) is 0 Å². The third kappa shape index (κ3) is 2.11. The van der Waals surface area contributed by atoms with Crippen LogP contribution in [0.25, 0.3) is 0 Å². The minimum Gasteiger partial charge on any atom is -0.392 e. The number of aliphatic hydroxyl groups excluding tert-OH is 1. The summed E-state index contributed by atoms with van der Waals surface area (Å²) in [5, 5.41) is 14.9. The molecule has 0 aromatic rings. The first-order valence-electron chi connectivity index (χ1n) is 2.11. The van der Waals surface area contributed by atoms with Crippen LogP contribution in [0.15, 0.2) is 11.6 Å². The standard InChI is InChI=1S/C5H9NO/c1-2-5(3-6)4-7/h2-3,6-7H,4H2,1H3. The van der Waals surface area contributed by atoms with Gasteiger partial charge in [0.05, 0.1) is 6.61 Å². The van der Waals surface area contributed by atoms with Crippen molar-refractivity contribution in [3.8, 4) is 0 Å². The summed E-state index contributed by atoms with van der Waals surface area (Å²) in [6.45, 7) is 1.76. The first-order valence-corrected chi connectivity index (χ1v) is 2.11. The molecule has 40 valence electrons. The molecule has 2 N–H and O–H groups in total. The molecule has 2 heteroatoms. The van der Waals surface area contributed by atoms with Gasteiger partial charge in [-0.2, -0.15) is 0 Å². The van der Waals surface area contributed by atoms with Gasteiger partial charge in [-0.15, -0.1) is 0 Å². The number of hydrogen-bond donors (Lipinski definition) is 2. The maximum atomic E-state index is 8.31. The van der Waals surface area contributed by atoms with Crippen LogP contribution in [-0.2, 0) is 0 Å². The van der Waals surface area contributed by atoms with Crippen LogP contribution in [-0.4, -0.2) is 17.9 Å². The first-order chi connectivity index (χ1) is 3.35. The molecular formula is C5H9NO. The second-order valence-corrected chi connectivity index (χ2v) is 1.17. The maximum absolute atomic E-state index is 8.31. The fourth-order valence-electron chi connectivity index (χ4n) is 0.220. The van der Waals surface area contributed by atoms with Gasteiger partial charge in [0.25, 0.3) is 0 Å². The molecule has 0 unspecified atom stereocenters. The Morgan fingerprint density at radius 2 is 2.43 bits per heavy atom. The van der Waals surface area contributed by atoms with Gasteiger partial charge < -0.3 is 10.5 Å². The average Bonchev–Trinajstić information content (AvgIpc) is 1.72. The molecule has 0 aromatic heterocycles. The van der Waals surface area contributed by atoms with E-state index in [2.05, 4.69) is 0 Å². The molecule has 0 saturated heterocycles. The Hall–Kier alpha value is -0.630. The molecule has 0 aliphatic heterocycles. The van der Waals surface area contributed by atoms with Gasteiger partial charge in [0.1, 0.15) is 0 Å². The molecule has 0 heterocycles. The molecule has 0 saturated carbocycles. The molecule has 0 amide bonds. The van der Waals surface area contributed by atoms with Crippen molar-refractivity contribution in [2.75, 3.05) is 6.61 Å².